The molecule has 0 radical (unpaired) electrons. The summed E-state index contributed by atoms with van der Waals surface area (Å²) in [7, 11) is 0. The largest absolute Gasteiger partial charge is 0.337 e. The van der Waals surface area contributed by atoms with Gasteiger partial charge < -0.3 is 9.84 Å². The van der Waals surface area contributed by atoms with Crippen LogP contribution in [-0.2, 0) is 6.54 Å². The van der Waals surface area contributed by atoms with Crippen molar-refractivity contribution in [2.45, 2.75) is 26.4 Å². The molecule has 2 aromatic heterocycles. The third kappa shape index (κ3) is 4.09. The molecule has 0 aliphatic carbocycles. The van der Waals surface area contributed by atoms with E-state index in [1.807, 2.05) is 32.0 Å². The van der Waals surface area contributed by atoms with Gasteiger partial charge in [-0.15, -0.1) is 0 Å². The van der Waals surface area contributed by atoms with E-state index in [9.17, 15) is 10.1 Å². The van der Waals surface area contributed by atoms with E-state index in [0.29, 0.717) is 18.3 Å². The van der Waals surface area contributed by atoms with Crippen LogP contribution in [0.4, 0.5) is 5.69 Å². The Morgan fingerprint density at radius 1 is 1.27 bits per heavy atom. The molecule has 3 aromatic rings. The van der Waals surface area contributed by atoms with Gasteiger partial charge in [0.05, 0.1) is 11.0 Å². The highest BCUT2D eigenvalue weighted by Crippen LogP contribution is 2.24. The average Bonchev–Trinajstić information content (AvgIpc) is 3.12. The summed E-state index contributed by atoms with van der Waals surface area (Å²) >= 11 is 0. The van der Waals surface area contributed by atoms with Gasteiger partial charge in [0, 0.05) is 36.6 Å². The van der Waals surface area contributed by atoms with Crippen LogP contribution in [0.25, 0.3) is 11.4 Å². The van der Waals surface area contributed by atoms with Crippen LogP contribution in [0, 0.1) is 16.0 Å². The molecule has 0 aliphatic rings. The highest BCUT2D eigenvalue weighted by atomic mass is 16.6. The first-order valence-electron chi connectivity index (χ1n) is 8.25. The maximum Gasteiger partial charge on any atom is 0.269 e. The maximum absolute atomic E-state index is 10.9. The first kappa shape index (κ1) is 17.7. The van der Waals surface area contributed by atoms with E-state index in [2.05, 4.69) is 20.4 Å². The zero-order valence-electron chi connectivity index (χ0n) is 14.5. The predicted molar refractivity (Wildman–Crippen MR) is 95.0 cm³/mol. The van der Waals surface area contributed by atoms with Crippen LogP contribution in [0.3, 0.4) is 0 Å². The lowest BCUT2D eigenvalue weighted by Crippen LogP contribution is -2.25. The number of hydrogen-bond acceptors (Lipinski definition) is 7. The Hall–Kier alpha value is -3.13. The summed E-state index contributed by atoms with van der Waals surface area (Å²) in [4.78, 5) is 19.0. The minimum absolute atomic E-state index is 0.0713. The molecule has 0 amide bonds. The summed E-state index contributed by atoms with van der Waals surface area (Å²) in [6.45, 7) is 4.53. The molecule has 0 saturated carbocycles. The molecule has 8 nitrogen and oxygen atoms in total. The lowest BCUT2D eigenvalue weighted by Gasteiger charge is -2.18. The SMILES string of the molecule is CC(C)[C@H](NCc1cccc([N+](=O)[O-])c1)c1nc(-c2cccnc2)no1. The van der Waals surface area contributed by atoms with Crippen molar-refractivity contribution in [2.75, 3.05) is 0 Å². The third-order valence-corrected chi connectivity index (χ3v) is 3.94. The molecule has 0 saturated heterocycles. The van der Waals surface area contributed by atoms with E-state index >= 15 is 0 Å². The Morgan fingerprint density at radius 3 is 2.81 bits per heavy atom. The molecule has 0 fully saturated rings. The van der Waals surface area contributed by atoms with Crippen molar-refractivity contribution in [3.05, 3.63) is 70.4 Å². The van der Waals surface area contributed by atoms with Crippen molar-refractivity contribution in [3.8, 4) is 11.4 Å². The van der Waals surface area contributed by atoms with Crippen LogP contribution < -0.4 is 5.32 Å². The van der Waals surface area contributed by atoms with Crippen molar-refractivity contribution in [1.29, 1.82) is 0 Å². The number of aromatic nitrogens is 3. The third-order valence-electron chi connectivity index (χ3n) is 3.94. The average molecular weight is 353 g/mol. The van der Waals surface area contributed by atoms with Crippen LogP contribution in [-0.4, -0.2) is 20.0 Å². The van der Waals surface area contributed by atoms with Crippen molar-refractivity contribution < 1.29 is 9.45 Å². The lowest BCUT2D eigenvalue weighted by atomic mass is 10.0. The van der Waals surface area contributed by atoms with Crippen LogP contribution in [0.5, 0.6) is 0 Å². The second-order valence-corrected chi connectivity index (χ2v) is 6.23. The Bertz CT molecular complexity index is 879. The van der Waals surface area contributed by atoms with E-state index in [4.69, 9.17) is 4.52 Å². The van der Waals surface area contributed by atoms with E-state index in [-0.39, 0.29) is 17.6 Å². The molecule has 2 heterocycles. The number of non-ortho nitro benzene ring substituents is 1. The fraction of sp³-hybridized carbons (Fsp3) is 0.278. The molecule has 1 aromatic carbocycles. The fourth-order valence-electron chi connectivity index (χ4n) is 2.59. The number of hydrogen-bond donors (Lipinski definition) is 1. The van der Waals surface area contributed by atoms with Gasteiger partial charge in [-0.25, -0.2) is 0 Å². The Morgan fingerprint density at radius 2 is 2.12 bits per heavy atom. The van der Waals surface area contributed by atoms with Gasteiger partial charge in [0.2, 0.25) is 11.7 Å². The van der Waals surface area contributed by atoms with Gasteiger partial charge in [0.1, 0.15) is 0 Å². The van der Waals surface area contributed by atoms with Gasteiger partial charge in [-0.1, -0.05) is 31.1 Å². The van der Waals surface area contributed by atoms with Crippen molar-refractivity contribution in [3.63, 3.8) is 0 Å². The first-order chi connectivity index (χ1) is 12.5. The number of pyridine rings is 1. The van der Waals surface area contributed by atoms with Crippen LogP contribution in [0.1, 0.15) is 31.3 Å². The van der Waals surface area contributed by atoms with E-state index < -0.39 is 4.92 Å². The predicted octanol–water partition coefficient (Wildman–Crippen LogP) is 3.53. The minimum Gasteiger partial charge on any atom is -0.337 e. The molecular formula is C18H19N5O3. The second kappa shape index (κ2) is 7.83. The zero-order chi connectivity index (χ0) is 18.5. The number of benzene rings is 1. The van der Waals surface area contributed by atoms with Crippen molar-refractivity contribution in [2.24, 2.45) is 5.92 Å². The topological polar surface area (TPSA) is 107 Å². The smallest absolute Gasteiger partial charge is 0.269 e. The van der Waals surface area contributed by atoms with E-state index in [0.717, 1.165) is 11.1 Å². The summed E-state index contributed by atoms with van der Waals surface area (Å²) in [5, 5.41) is 18.3. The summed E-state index contributed by atoms with van der Waals surface area (Å²) in [5.74, 6) is 1.15. The highest BCUT2D eigenvalue weighted by molar-refractivity contribution is 5.51. The van der Waals surface area contributed by atoms with Crippen LogP contribution >= 0.6 is 0 Å². The fourth-order valence-corrected chi connectivity index (χ4v) is 2.59. The van der Waals surface area contributed by atoms with Gasteiger partial charge >= 0.3 is 0 Å². The molecule has 0 spiro atoms. The summed E-state index contributed by atoms with van der Waals surface area (Å²) in [6, 6.07) is 10.0. The van der Waals surface area contributed by atoms with Crippen LogP contribution in [0.15, 0.2) is 53.3 Å². The number of nitrogens with zero attached hydrogens (tertiary/aromatic N) is 4. The van der Waals surface area contributed by atoms with E-state index in [1.54, 1.807) is 24.5 Å². The van der Waals surface area contributed by atoms with Gasteiger partial charge in [-0.3, -0.25) is 15.1 Å². The molecule has 26 heavy (non-hydrogen) atoms. The number of nitro groups is 1. The minimum atomic E-state index is -0.401. The van der Waals surface area contributed by atoms with Crippen molar-refractivity contribution in [1.82, 2.24) is 20.4 Å². The Kier molecular flexibility index (Phi) is 5.33. The summed E-state index contributed by atoms with van der Waals surface area (Å²) in [6.07, 6.45) is 3.36. The molecule has 0 bridgehead atoms. The lowest BCUT2D eigenvalue weighted by molar-refractivity contribution is -0.384. The van der Waals surface area contributed by atoms with Gasteiger partial charge in [-0.2, -0.15) is 4.98 Å². The zero-order valence-corrected chi connectivity index (χ0v) is 14.5. The van der Waals surface area contributed by atoms with Crippen LogP contribution in [0.2, 0.25) is 0 Å². The first-order valence-corrected chi connectivity index (χ1v) is 8.25. The number of rotatable bonds is 7. The Labute approximate surface area is 150 Å². The molecule has 134 valence electrons. The standard InChI is InChI=1S/C18H19N5O3/c1-12(2)16(20-10-13-5-3-7-15(9-13)23(24)25)18-21-17(22-26-18)14-6-4-8-19-11-14/h3-9,11-12,16,20H,10H2,1-2H3/t16-/m0/s1. The van der Waals surface area contributed by atoms with E-state index in [1.165, 1.54) is 6.07 Å². The number of nitro benzene ring substituents is 1. The molecule has 1 N–H and O–H groups in total. The maximum atomic E-state index is 10.9. The molecule has 0 aliphatic heterocycles. The monoisotopic (exact) mass is 353 g/mol. The Balaban J connectivity index is 1.75. The molecule has 8 heteroatoms. The van der Waals surface area contributed by atoms with Gasteiger partial charge in [-0.05, 0) is 23.6 Å². The second-order valence-electron chi connectivity index (χ2n) is 6.23. The molecular weight excluding hydrogens is 334 g/mol. The van der Waals surface area contributed by atoms with Gasteiger partial charge in [0.15, 0.2) is 0 Å². The highest BCUT2D eigenvalue weighted by Gasteiger charge is 2.22. The quantitative estimate of drug-likeness (QED) is 0.511. The molecule has 0 unspecified atom stereocenters. The van der Waals surface area contributed by atoms with Gasteiger partial charge in [0.25, 0.3) is 5.69 Å². The summed E-state index contributed by atoms with van der Waals surface area (Å²) in [5.41, 5.74) is 1.67. The summed E-state index contributed by atoms with van der Waals surface area (Å²) < 4.78 is 5.43. The molecule has 1 atom stereocenters. The van der Waals surface area contributed by atoms with Crippen molar-refractivity contribution >= 4 is 5.69 Å². The molecule has 3 rings (SSSR count). The normalized spacial score (nSPS) is 12.3. The number of nitrogens with one attached hydrogen (secondary N) is 1.